The lowest BCUT2D eigenvalue weighted by Crippen LogP contribution is -2.36. The van der Waals surface area contributed by atoms with Crippen molar-refractivity contribution >= 4 is 17.5 Å². The van der Waals surface area contributed by atoms with E-state index in [1.165, 1.54) is 12.1 Å². The van der Waals surface area contributed by atoms with Crippen molar-refractivity contribution in [3.63, 3.8) is 0 Å². The van der Waals surface area contributed by atoms with Crippen molar-refractivity contribution < 1.29 is 22.8 Å². The summed E-state index contributed by atoms with van der Waals surface area (Å²) < 4.78 is 38.6. The molecule has 2 aromatic rings. The van der Waals surface area contributed by atoms with Crippen LogP contribution in [0.3, 0.4) is 0 Å². The third-order valence-corrected chi connectivity index (χ3v) is 4.50. The van der Waals surface area contributed by atoms with Crippen LogP contribution in [0.15, 0.2) is 48.5 Å². The molecule has 1 heterocycles. The van der Waals surface area contributed by atoms with Crippen LogP contribution in [-0.2, 0) is 6.18 Å². The molecule has 0 bridgehead atoms. The van der Waals surface area contributed by atoms with Crippen LogP contribution in [0.25, 0.3) is 0 Å². The van der Waals surface area contributed by atoms with Crippen LogP contribution in [0.4, 0.5) is 18.9 Å². The number of likely N-dealkylation sites (tertiary alicyclic amines) is 1. The van der Waals surface area contributed by atoms with Crippen LogP contribution >= 0.6 is 0 Å². The first kappa shape index (κ1) is 18.9. The number of carbonyl (C=O) groups is 2. The number of nitrogens with zero attached hydrogens (tertiary/aromatic N) is 1. The number of alkyl halides is 3. The number of rotatable bonds is 3. The van der Waals surface area contributed by atoms with Gasteiger partial charge in [-0.2, -0.15) is 13.2 Å². The quantitative estimate of drug-likeness (QED) is 0.852. The molecule has 0 saturated carbocycles. The van der Waals surface area contributed by atoms with Gasteiger partial charge in [0.25, 0.3) is 11.8 Å². The molecule has 0 unspecified atom stereocenters. The van der Waals surface area contributed by atoms with Crippen LogP contribution < -0.4 is 5.32 Å². The van der Waals surface area contributed by atoms with Crippen molar-refractivity contribution in [3.05, 3.63) is 65.2 Å². The molecule has 0 radical (unpaired) electrons. The van der Waals surface area contributed by atoms with Gasteiger partial charge in [-0.3, -0.25) is 9.59 Å². The van der Waals surface area contributed by atoms with E-state index in [4.69, 9.17) is 0 Å². The van der Waals surface area contributed by atoms with Gasteiger partial charge < -0.3 is 10.2 Å². The van der Waals surface area contributed by atoms with Crippen molar-refractivity contribution in [1.29, 1.82) is 0 Å². The summed E-state index contributed by atoms with van der Waals surface area (Å²) >= 11 is 0. The van der Waals surface area contributed by atoms with Crippen molar-refractivity contribution in [1.82, 2.24) is 4.90 Å². The van der Waals surface area contributed by atoms with E-state index in [0.717, 1.165) is 31.4 Å². The lowest BCUT2D eigenvalue weighted by molar-refractivity contribution is -0.137. The Hall–Kier alpha value is -2.83. The molecule has 1 aliphatic rings. The molecule has 1 N–H and O–H groups in total. The molecule has 2 aromatic carbocycles. The summed E-state index contributed by atoms with van der Waals surface area (Å²) in [6.45, 7) is 1.32. The first-order valence-electron chi connectivity index (χ1n) is 8.73. The molecule has 3 rings (SSSR count). The minimum absolute atomic E-state index is 0.120. The van der Waals surface area contributed by atoms with Gasteiger partial charge in [0.1, 0.15) is 0 Å². The zero-order chi connectivity index (χ0) is 19.4. The Morgan fingerprint density at radius 3 is 2.33 bits per heavy atom. The first-order valence-corrected chi connectivity index (χ1v) is 8.73. The Balaban J connectivity index is 1.82. The Morgan fingerprint density at radius 1 is 0.926 bits per heavy atom. The van der Waals surface area contributed by atoms with E-state index < -0.39 is 17.6 Å². The molecule has 1 fully saturated rings. The highest BCUT2D eigenvalue weighted by Gasteiger charge is 2.31. The van der Waals surface area contributed by atoms with E-state index >= 15 is 0 Å². The van der Waals surface area contributed by atoms with Crippen LogP contribution in [0, 0.1) is 0 Å². The Bertz CT molecular complexity index is 843. The van der Waals surface area contributed by atoms with Gasteiger partial charge in [0, 0.05) is 18.7 Å². The minimum Gasteiger partial charge on any atom is -0.339 e. The molecule has 0 aromatic heterocycles. The van der Waals surface area contributed by atoms with Gasteiger partial charge in [-0.25, -0.2) is 0 Å². The van der Waals surface area contributed by atoms with Gasteiger partial charge >= 0.3 is 6.18 Å². The highest BCUT2D eigenvalue weighted by atomic mass is 19.4. The Morgan fingerprint density at radius 2 is 1.63 bits per heavy atom. The summed E-state index contributed by atoms with van der Waals surface area (Å²) in [5, 5.41) is 2.57. The predicted molar refractivity (Wildman–Crippen MR) is 95.6 cm³/mol. The molecule has 1 saturated heterocycles. The fourth-order valence-electron chi connectivity index (χ4n) is 3.08. The second-order valence-corrected chi connectivity index (χ2v) is 6.43. The van der Waals surface area contributed by atoms with Crippen molar-refractivity contribution in [3.8, 4) is 0 Å². The van der Waals surface area contributed by atoms with E-state index in [1.54, 1.807) is 29.2 Å². The lowest BCUT2D eigenvalue weighted by atomic mass is 10.1. The van der Waals surface area contributed by atoms with Gasteiger partial charge in [0.15, 0.2) is 0 Å². The topological polar surface area (TPSA) is 49.4 Å². The van der Waals surface area contributed by atoms with E-state index in [9.17, 15) is 22.8 Å². The number of hydrogen-bond donors (Lipinski definition) is 1. The summed E-state index contributed by atoms with van der Waals surface area (Å²) in [5.74, 6) is -0.880. The molecule has 4 nitrogen and oxygen atoms in total. The Labute approximate surface area is 155 Å². The Kier molecular flexibility index (Phi) is 5.48. The van der Waals surface area contributed by atoms with Crippen LogP contribution in [0.5, 0.6) is 0 Å². The second kappa shape index (κ2) is 7.82. The fraction of sp³-hybridized carbons (Fsp3) is 0.300. The van der Waals surface area contributed by atoms with Crippen LogP contribution in [0.2, 0.25) is 0 Å². The fourth-order valence-corrected chi connectivity index (χ4v) is 3.08. The summed E-state index contributed by atoms with van der Waals surface area (Å²) in [6, 6.07) is 10.7. The molecule has 142 valence electrons. The van der Waals surface area contributed by atoms with Gasteiger partial charge in [-0.05, 0) is 49.6 Å². The van der Waals surface area contributed by atoms with Gasteiger partial charge in [-0.15, -0.1) is 0 Å². The van der Waals surface area contributed by atoms with Gasteiger partial charge in [0.2, 0.25) is 0 Å². The second-order valence-electron chi connectivity index (χ2n) is 6.43. The van der Waals surface area contributed by atoms with Gasteiger partial charge in [-0.1, -0.05) is 18.2 Å². The highest BCUT2D eigenvalue weighted by molar-refractivity contribution is 6.09. The number of piperidine rings is 1. The number of carbonyl (C=O) groups excluding carboxylic acids is 2. The van der Waals surface area contributed by atoms with Crippen molar-refractivity contribution in [2.24, 2.45) is 0 Å². The van der Waals surface area contributed by atoms with Gasteiger partial charge in [0.05, 0.1) is 16.8 Å². The minimum atomic E-state index is -4.53. The maximum Gasteiger partial charge on any atom is 0.416 e. The number of benzene rings is 2. The third-order valence-electron chi connectivity index (χ3n) is 4.50. The summed E-state index contributed by atoms with van der Waals surface area (Å²) in [4.78, 5) is 26.9. The average Bonchev–Trinajstić information content (AvgIpc) is 2.68. The summed E-state index contributed by atoms with van der Waals surface area (Å²) in [5.41, 5.74) is -0.395. The van der Waals surface area contributed by atoms with Crippen LogP contribution in [0.1, 0.15) is 45.5 Å². The highest BCUT2D eigenvalue weighted by Crippen LogP contribution is 2.30. The molecule has 27 heavy (non-hydrogen) atoms. The van der Waals surface area contributed by atoms with E-state index in [0.29, 0.717) is 18.7 Å². The number of halogens is 3. The smallest absolute Gasteiger partial charge is 0.339 e. The first-order chi connectivity index (χ1) is 12.9. The van der Waals surface area contributed by atoms with Crippen LogP contribution in [-0.4, -0.2) is 29.8 Å². The molecule has 0 spiro atoms. The molecular formula is C20H19F3N2O2. The zero-order valence-electron chi connectivity index (χ0n) is 14.6. The molecule has 1 aliphatic heterocycles. The standard InChI is InChI=1S/C20H19F3N2O2/c21-20(22,23)15-8-6-7-14(13-15)18(26)24-17-10-3-2-9-16(17)19(27)25-11-4-1-5-12-25/h2-3,6-10,13H,1,4-5,11-12H2,(H,24,26). The lowest BCUT2D eigenvalue weighted by Gasteiger charge is -2.27. The molecule has 0 aliphatic carbocycles. The van der Waals surface area contributed by atoms with Crippen molar-refractivity contribution in [2.75, 3.05) is 18.4 Å². The normalized spacial score (nSPS) is 14.7. The number of hydrogen-bond acceptors (Lipinski definition) is 2. The maximum absolute atomic E-state index is 12.9. The molecule has 2 amide bonds. The molecule has 0 atom stereocenters. The van der Waals surface area contributed by atoms with E-state index in [2.05, 4.69) is 5.32 Å². The average molecular weight is 376 g/mol. The summed E-state index contributed by atoms with van der Waals surface area (Å²) in [6.07, 6.45) is -1.58. The molecular weight excluding hydrogens is 357 g/mol. The monoisotopic (exact) mass is 376 g/mol. The third kappa shape index (κ3) is 4.48. The largest absolute Gasteiger partial charge is 0.416 e. The number of amides is 2. The van der Waals surface area contributed by atoms with E-state index in [1.807, 2.05) is 0 Å². The number of para-hydroxylation sites is 1. The number of anilines is 1. The summed E-state index contributed by atoms with van der Waals surface area (Å²) in [7, 11) is 0. The van der Waals surface area contributed by atoms with Crippen molar-refractivity contribution in [2.45, 2.75) is 25.4 Å². The SMILES string of the molecule is O=C(Nc1ccccc1C(=O)N1CCCCC1)c1cccc(C(F)(F)F)c1. The number of nitrogens with one attached hydrogen (secondary N) is 1. The maximum atomic E-state index is 12.9. The predicted octanol–water partition coefficient (Wildman–Crippen LogP) is 4.58. The zero-order valence-corrected chi connectivity index (χ0v) is 14.6. The van der Waals surface area contributed by atoms with E-state index in [-0.39, 0.29) is 17.2 Å². The molecule has 7 heteroatoms.